The molecule has 1 saturated carbocycles. The van der Waals surface area contributed by atoms with E-state index in [0.717, 1.165) is 18.3 Å². The molecule has 1 nitrogen and oxygen atoms in total. The van der Waals surface area contributed by atoms with Crippen molar-refractivity contribution >= 4 is 0 Å². The largest absolute Gasteiger partial charge is 0.327 e. The van der Waals surface area contributed by atoms with Crippen LogP contribution < -0.4 is 5.73 Å². The minimum atomic E-state index is 0.345. The Kier molecular flexibility index (Phi) is 5.65. The standard InChI is InChI=1S/C19H31N/c1-4-15-5-11-18(12-6-15)19(20)13-16-7-9-17(10-8-16)14(2)3/h7-10,14-15,18-19H,4-6,11-13,20H2,1-3H3. The molecule has 1 aromatic carbocycles. The van der Waals surface area contributed by atoms with Gasteiger partial charge in [0.05, 0.1) is 0 Å². The third-order valence-electron chi connectivity index (χ3n) is 5.19. The molecule has 2 N–H and O–H groups in total. The third-order valence-corrected chi connectivity index (χ3v) is 5.19. The van der Waals surface area contributed by atoms with Crippen molar-refractivity contribution in [3.63, 3.8) is 0 Å². The topological polar surface area (TPSA) is 26.0 Å². The van der Waals surface area contributed by atoms with Gasteiger partial charge < -0.3 is 5.73 Å². The van der Waals surface area contributed by atoms with Crippen molar-refractivity contribution in [3.05, 3.63) is 35.4 Å². The van der Waals surface area contributed by atoms with Crippen LogP contribution in [0.15, 0.2) is 24.3 Å². The van der Waals surface area contributed by atoms with Crippen LogP contribution in [0.5, 0.6) is 0 Å². The number of hydrogen-bond donors (Lipinski definition) is 1. The lowest BCUT2D eigenvalue weighted by atomic mass is 9.76. The van der Waals surface area contributed by atoms with Gasteiger partial charge in [-0.3, -0.25) is 0 Å². The van der Waals surface area contributed by atoms with Gasteiger partial charge in [-0.05, 0) is 48.1 Å². The zero-order valence-corrected chi connectivity index (χ0v) is 13.4. The summed E-state index contributed by atoms with van der Waals surface area (Å²) in [6, 6.07) is 9.42. The van der Waals surface area contributed by atoms with Crippen molar-refractivity contribution < 1.29 is 0 Å². The average molecular weight is 273 g/mol. The van der Waals surface area contributed by atoms with Crippen LogP contribution in [-0.2, 0) is 6.42 Å². The normalized spacial score (nSPS) is 24.9. The first-order valence-electron chi connectivity index (χ1n) is 8.44. The highest BCUT2D eigenvalue weighted by Crippen LogP contribution is 2.32. The zero-order chi connectivity index (χ0) is 14.5. The molecule has 1 aromatic rings. The van der Waals surface area contributed by atoms with E-state index in [-0.39, 0.29) is 0 Å². The first-order valence-corrected chi connectivity index (χ1v) is 8.44. The van der Waals surface area contributed by atoms with Gasteiger partial charge in [0.25, 0.3) is 0 Å². The SMILES string of the molecule is CCC1CCC(C(N)Cc2ccc(C(C)C)cc2)CC1. The van der Waals surface area contributed by atoms with E-state index in [4.69, 9.17) is 5.73 Å². The van der Waals surface area contributed by atoms with Gasteiger partial charge >= 0.3 is 0 Å². The second-order valence-corrected chi connectivity index (χ2v) is 6.95. The van der Waals surface area contributed by atoms with E-state index in [1.807, 2.05) is 0 Å². The summed E-state index contributed by atoms with van der Waals surface area (Å²) < 4.78 is 0. The summed E-state index contributed by atoms with van der Waals surface area (Å²) in [7, 11) is 0. The van der Waals surface area contributed by atoms with Crippen molar-refractivity contribution in [2.75, 3.05) is 0 Å². The van der Waals surface area contributed by atoms with Crippen LogP contribution in [0.1, 0.15) is 69.9 Å². The highest BCUT2D eigenvalue weighted by molar-refractivity contribution is 5.25. The molecule has 0 spiro atoms. The van der Waals surface area contributed by atoms with E-state index in [0.29, 0.717) is 12.0 Å². The Morgan fingerprint density at radius 2 is 1.65 bits per heavy atom. The molecule has 0 amide bonds. The van der Waals surface area contributed by atoms with E-state index < -0.39 is 0 Å². The molecule has 1 aliphatic rings. The van der Waals surface area contributed by atoms with Crippen LogP contribution in [0.25, 0.3) is 0 Å². The fraction of sp³-hybridized carbons (Fsp3) is 0.684. The third kappa shape index (κ3) is 4.09. The Morgan fingerprint density at radius 3 is 2.15 bits per heavy atom. The minimum absolute atomic E-state index is 0.345. The smallest absolute Gasteiger partial charge is 0.0108 e. The van der Waals surface area contributed by atoms with Gasteiger partial charge in [-0.2, -0.15) is 0 Å². The number of nitrogens with two attached hydrogens (primary N) is 1. The predicted molar refractivity (Wildman–Crippen MR) is 87.9 cm³/mol. The molecule has 112 valence electrons. The highest BCUT2D eigenvalue weighted by atomic mass is 14.6. The van der Waals surface area contributed by atoms with Crippen molar-refractivity contribution in [2.24, 2.45) is 17.6 Å². The Balaban J connectivity index is 1.86. The highest BCUT2D eigenvalue weighted by Gasteiger charge is 2.24. The monoisotopic (exact) mass is 273 g/mol. The van der Waals surface area contributed by atoms with Crippen molar-refractivity contribution in [1.82, 2.24) is 0 Å². The number of hydrogen-bond acceptors (Lipinski definition) is 1. The maximum Gasteiger partial charge on any atom is 0.0108 e. The molecule has 1 atom stereocenters. The Hall–Kier alpha value is -0.820. The van der Waals surface area contributed by atoms with E-state index in [1.54, 1.807) is 0 Å². The molecule has 1 fully saturated rings. The lowest BCUT2D eigenvalue weighted by Crippen LogP contribution is -2.34. The Labute approximate surface area is 125 Å². The van der Waals surface area contributed by atoms with Crippen molar-refractivity contribution in [3.8, 4) is 0 Å². The molecule has 0 bridgehead atoms. The molecule has 0 heterocycles. The molecule has 0 saturated heterocycles. The van der Waals surface area contributed by atoms with Crippen LogP contribution in [0, 0.1) is 11.8 Å². The van der Waals surface area contributed by atoms with E-state index in [1.165, 1.54) is 43.2 Å². The van der Waals surface area contributed by atoms with Gasteiger partial charge in [-0.15, -0.1) is 0 Å². The molecule has 1 unspecified atom stereocenters. The van der Waals surface area contributed by atoms with Crippen molar-refractivity contribution in [1.29, 1.82) is 0 Å². The summed E-state index contributed by atoms with van der Waals surface area (Å²) in [5, 5.41) is 0. The van der Waals surface area contributed by atoms with Gasteiger partial charge in [0.1, 0.15) is 0 Å². The van der Waals surface area contributed by atoms with E-state index in [9.17, 15) is 0 Å². The molecule has 1 heteroatoms. The summed E-state index contributed by atoms with van der Waals surface area (Å²) in [5.74, 6) is 2.31. The first kappa shape index (κ1) is 15.6. The summed E-state index contributed by atoms with van der Waals surface area (Å²) in [5.41, 5.74) is 9.29. The summed E-state index contributed by atoms with van der Waals surface area (Å²) in [4.78, 5) is 0. The molecular weight excluding hydrogens is 242 g/mol. The van der Waals surface area contributed by atoms with Gasteiger partial charge in [-0.25, -0.2) is 0 Å². The summed E-state index contributed by atoms with van der Waals surface area (Å²) >= 11 is 0. The lowest BCUT2D eigenvalue weighted by Gasteiger charge is -2.31. The lowest BCUT2D eigenvalue weighted by molar-refractivity contribution is 0.238. The quantitative estimate of drug-likeness (QED) is 0.811. The maximum atomic E-state index is 6.47. The number of benzene rings is 1. The molecule has 0 radical (unpaired) electrons. The van der Waals surface area contributed by atoms with Gasteiger partial charge in [0.2, 0.25) is 0 Å². The van der Waals surface area contributed by atoms with Crippen LogP contribution in [0.4, 0.5) is 0 Å². The van der Waals surface area contributed by atoms with Crippen LogP contribution in [0.2, 0.25) is 0 Å². The van der Waals surface area contributed by atoms with Crippen LogP contribution >= 0.6 is 0 Å². The molecule has 2 rings (SSSR count). The fourth-order valence-corrected chi connectivity index (χ4v) is 3.50. The molecule has 0 aliphatic heterocycles. The van der Waals surface area contributed by atoms with E-state index in [2.05, 4.69) is 45.0 Å². The first-order chi connectivity index (χ1) is 9.60. The fourth-order valence-electron chi connectivity index (χ4n) is 3.50. The Morgan fingerprint density at radius 1 is 1.05 bits per heavy atom. The summed E-state index contributed by atoms with van der Waals surface area (Å²) in [6.07, 6.45) is 7.84. The van der Waals surface area contributed by atoms with Crippen molar-refractivity contribution in [2.45, 2.75) is 71.3 Å². The van der Waals surface area contributed by atoms with Crippen LogP contribution in [0.3, 0.4) is 0 Å². The zero-order valence-electron chi connectivity index (χ0n) is 13.4. The number of rotatable bonds is 5. The van der Waals surface area contributed by atoms with Gasteiger partial charge in [0.15, 0.2) is 0 Å². The molecular formula is C19H31N. The van der Waals surface area contributed by atoms with Crippen LogP contribution in [-0.4, -0.2) is 6.04 Å². The molecule has 1 aliphatic carbocycles. The maximum absolute atomic E-state index is 6.47. The summed E-state index contributed by atoms with van der Waals surface area (Å²) in [6.45, 7) is 6.81. The second-order valence-electron chi connectivity index (χ2n) is 6.95. The van der Waals surface area contributed by atoms with Gasteiger partial charge in [0, 0.05) is 6.04 Å². The minimum Gasteiger partial charge on any atom is -0.327 e. The molecule has 0 aromatic heterocycles. The Bertz CT molecular complexity index is 385. The predicted octanol–water partition coefficient (Wildman–Crippen LogP) is 4.90. The second kappa shape index (κ2) is 7.26. The molecule has 20 heavy (non-hydrogen) atoms. The average Bonchev–Trinajstić information content (AvgIpc) is 2.48. The van der Waals surface area contributed by atoms with E-state index >= 15 is 0 Å². The van der Waals surface area contributed by atoms with Gasteiger partial charge in [-0.1, -0.05) is 64.3 Å².